The smallest absolute Gasteiger partial charge is 0.0473 e. The molecule has 0 amide bonds. The van der Waals surface area contributed by atoms with Crippen LogP contribution in [0.5, 0.6) is 0 Å². The van der Waals surface area contributed by atoms with Crippen LogP contribution in [-0.2, 0) is 0 Å². The minimum absolute atomic E-state index is 0.420. The number of hydrogen-bond acceptors (Lipinski definition) is 2. The van der Waals surface area contributed by atoms with Crippen molar-refractivity contribution in [1.29, 1.82) is 0 Å². The Bertz CT molecular complexity index is 398. The molecule has 0 spiro atoms. The summed E-state index contributed by atoms with van der Waals surface area (Å²) in [7, 11) is 2.08. The summed E-state index contributed by atoms with van der Waals surface area (Å²) in [5, 5.41) is 3.52. The first kappa shape index (κ1) is 15.5. The molecule has 1 aliphatic rings. The molecule has 0 saturated carbocycles. The van der Waals surface area contributed by atoms with Crippen molar-refractivity contribution in [2.24, 2.45) is 5.92 Å². The first-order valence-electron chi connectivity index (χ1n) is 8.09. The van der Waals surface area contributed by atoms with Gasteiger partial charge in [-0.15, -0.1) is 0 Å². The molecular weight excluding hydrogens is 244 g/mol. The van der Waals surface area contributed by atoms with Crippen LogP contribution in [0.25, 0.3) is 0 Å². The molecule has 1 heterocycles. The SMILES string of the molecule is CNC(c1ccc(C)cc1)C(C)N1CCCC(C)CC1. The molecule has 112 valence electrons. The van der Waals surface area contributed by atoms with Crippen molar-refractivity contribution >= 4 is 0 Å². The van der Waals surface area contributed by atoms with E-state index in [2.05, 4.69) is 62.3 Å². The Morgan fingerprint density at radius 3 is 2.50 bits per heavy atom. The van der Waals surface area contributed by atoms with E-state index in [-0.39, 0.29) is 0 Å². The molecule has 1 saturated heterocycles. The molecule has 0 radical (unpaired) electrons. The van der Waals surface area contributed by atoms with Crippen LogP contribution in [0.15, 0.2) is 24.3 Å². The number of rotatable bonds is 4. The van der Waals surface area contributed by atoms with Crippen LogP contribution in [-0.4, -0.2) is 31.1 Å². The molecule has 1 aromatic carbocycles. The number of nitrogens with one attached hydrogen (secondary N) is 1. The predicted molar refractivity (Wildman–Crippen MR) is 87.0 cm³/mol. The molecule has 0 aromatic heterocycles. The minimum Gasteiger partial charge on any atom is -0.312 e. The summed E-state index contributed by atoms with van der Waals surface area (Å²) in [4.78, 5) is 2.67. The van der Waals surface area contributed by atoms with Crippen molar-refractivity contribution in [2.45, 2.75) is 52.1 Å². The first-order valence-corrected chi connectivity index (χ1v) is 8.09. The maximum atomic E-state index is 3.52. The fraction of sp³-hybridized carbons (Fsp3) is 0.667. The van der Waals surface area contributed by atoms with Gasteiger partial charge in [0, 0.05) is 12.1 Å². The number of nitrogens with zero attached hydrogens (tertiary/aromatic N) is 1. The van der Waals surface area contributed by atoms with E-state index in [0.29, 0.717) is 12.1 Å². The van der Waals surface area contributed by atoms with Gasteiger partial charge in [0.2, 0.25) is 0 Å². The molecule has 2 rings (SSSR count). The highest BCUT2D eigenvalue weighted by Crippen LogP contribution is 2.25. The van der Waals surface area contributed by atoms with E-state index in [4.69, 9.17) is 0 Å². The topological polar surface area (TPSA) is 15.3 Å². The fourth-order valence-corrected chi connectivity index (χ4v) is 3.36. The van der Waals surface area contributed by atoms with Crippen molar-refractivity contribution in [3.8, 4) is 0 Å². The van der Waals surface area contributed by atoms with Crippen molar-refractivity contribution in [3.05, 3.63) is 35.4 Å². The summed E-state index contributed by atoms with van der Waals surface area (Å²) in [5.74, 6) is 0.889. The van der Waals surface area contributed by atoms with Gasteiger partial charge in [0.25, 0.3) is 0 Å². The highest BCUT2D eigenvalue weighted by atomic mass is 15.2. The van der Waals surface area contributed by atoms with Crippen molar-refractivity contribution in [3.63, 3.8) is 0 Å². The van der Waals surface area contributed by atoms with Crippen LogP contribution in [0.1, 0.15) is 50.3 Å². The maximum absolute atomic E-state index is 3.52. The zero-order chi connectivity index (χ0) is 14.5. The number of hydrogen-bond donors (Lipinski definition) is 1. The standard InChI is InChI=1S/C18H30N2/c1-14-6-5-12-20(13-11-14)16(3)18(19-4)17-9-7-15(2)8-10-17/h7-10,14,16,18-19H,5-6,11-13H2,1-4H3. The van der Waals surface area contributed by atoms with Crippen molar-refractivity contribution < 1.29 is 0 Å². The molecule has 0 bridgehead atoms. The van der Waals surface area contributed by atoms with Gasteiger partial charge in [-0.1, -0.05) is 36.8 Å². The van der Waals surface area contributed by atoms with Gasteiger partial charge < -0.3 is 5.32 Å². The molecule has 1 aromatic rings. The molecule has 20 heavy (non-hydrogen) atoms. The van der Waals surface area contributed by atoms with E-state index < -0.39 is 0 Å². The molecule has 1 N–H and O–H groups in total. The largest absolute Gasteiger partial charge is 0.312 e. The van der Waals surface area contributed by atoms with Gasteiger partial charge in [0.15, 0.2) is 0 Å². The monoisotopic (exact) mass is 274 g/mol. The third kappa shape index (κ3) is 3.83. The number of aryl methyl sites for hydroxylation is 1. The highest BCUT2D eigenvalue weighted by molar-refractivity contribution is 5.25. The molecule has 2 heteroatoms. The van der Waals surface area contributed by atoms with E-state index in [1.54, 1.807) is 0 Å². The number of likely N-dealkylation sites (tertiary alicyclic amines) is 1. The van der Waals surface area contributed by atoms with Gasteiger partial charge in [0.1, 0.15) is 0 Å². The Labute approximate surface area is 124 Å². The molecule has 2 nitrogen and oxygen atoms in total. The van der Waals surface area contributed by atoms with Crippen LogP contribution >= 0.6 is 0 Å². The van der Waals surface area contributed by atoms with E-state index in [9.17, 15) is 0 Å². The summed E-state index contributed by atoms with van der Waals surface area (Å²) in [6.07, 6.45) is 4.07. The normalized spacial score (nSPS) is 24.1. The zero-order valence-electron chi connectivity index (χ0n) is 13.5. The lowest BCUT2D eigenvalue weighted by atomic mass is 9.98. The van der Waals surface area contributed by atoms with Crippen LogP contribution in [0.3, 0.4) is 0 Å². The summed E-state index contributed by atoms with van der Waals surface area (Å²) in [5.41, 5.74) is 2.74. The Hall–Kier alpha value is -0.860. The predicted octanol–water partition coefficient (Wildman–Crippen LogP) is 3.77. The average Bonchev–Trinajstić information content (AvgIpc) is 2.66. The minimum atomic E-state index is 0.420. The second kappa shape index (κ2) is 7.24. The Morgan fingerprint density at radius 1 is 1.15 bits per heavy atom. The van der Waals surface area contributed by atoms with Crippen LogP contribution in [0, 0.1) is 12.8 Å². The number of benzene rings is 1. The van der Waals surface area contributed by atoms with Gasteiger partial charge in [0.05, 0.1) is 0 Å². The summed E-state index contributed by atoms with van der Waals surface area (Å²) >= 11 is 0. The molecule has 3 unspecified atom stereocenters. The maximum Gasteiger partial charge on any atom is 0.0473 e. The average molecular weight is 274 g/mol. The molecule has 1 fully saturated rings. The molecule has 1 aliphatic heterocycles. The lowest BCUT2D eigenvalue weighted by Crippen LogP contribution is -2.42. The quantitative estimate of drug-likeness (QED) is 0.899. The van der Waals surface area contributed by atoms with Crippen LogP contribution in [0.2, 0.25) is 0 Å². The fourth-order valence-electron chi connectivity index (χ4n) is 3.36. The van der Waals surface area contributed by atoms with E-state index >= 15 is 0 Å². The van der Waals surface area contributed by atoms with Gasteiger partial charge in [-0.2, -0.15) is 0 Å². The first-order chi connectivity index (χ1) is 9.61. The second-order valence-corrected chi connectivity index (χ2v) is 6.49. The van der Waals surface area contributed by atoms with Crippen molar-refractivity contribution in [2.75, 3.05) is 20.1 Å². The van der Waals surface area contributed by atoms with Gasteiger partial charge in [-0.3, -0.25) is 4.90 Å². The van der Waals surface area contributed by atoms with Gasteiger partial charge in [-0.05, 0) is 64.7 Å². The molecular formula is C18H30N2. The van der Waals surface area contributed by atoms with E-state index in [1.807, 2.05) is 0 Å². The highest BCUT2D eigenvalue weighted by Gasteiger charge is 2.25. The third-order valence-electron chi connectivity index (χ3n) is 4.86. The summed E-state index contributed by atoms with van der Waals surface area (Å²) in [6.45, 7) is 9.40. The molecule has 0 aliphatic carbocycles. The number of likely N-dealkylation sites (N-methyl/N-ethyl adjacent to an activating group) is 1. The van der Waals surface area contributed by atoms with Gasteiger partial charge in [-0.25, -0.2) is 0 Å². The Balaban J connectivity index is 2.08. The van der Waals surface area contributed by atoms with Crippen molar-refractivity contribution in [1.82, 2.24) is 10.2 Å². The third-order valence-corrected chi connectivity index (χ3v) is 4.86. The summed E-state index contributed by atoms with van der Waals surface area (Å²) in [6, 6.07) is 9.95. The van der Waals surface area contributed by atoms with Crippen LogP contribution < -0.4 is 5.32 Å². The van der Waals surface area contributed by atoms with Gasteiger partial charge >= 0.3 is 0 Å². The van der Waals surface area contributed by atoms with Crippen LogP contribution in [0.4, 0.5) is 0 Å². The Kier molecular flexibility index (Phi) is 5.62. The lowest BCUT2D eigenvalue weighted by Gasteiger charge is -2.34. The Morgan fingerprint density at radius 2 is 1.85 bits per heavy atom. The van der Waals surface area contributed by atoms with E-state index in [0.717, 1.165) is 5.92 Å². The molecule has 3 atom stereocenters. The zero-order valence-corrected chi connectivity index (χ0v) is 13.5. The van der Waals surface area contributed by atoms with E-state index in [1.165, 1.54) is 43.5 Å². The second-order valence-electron chi connectivity index (χ2n) is 6.49. The summed E-state index contributed by atoms with van der Waals surface area (Å²) < 4.78 is 0. The lowest BCUT2D eigenvalue weighted by molar-refractivity contribution is 0.177.